The quantitative estimate of drug-likeness (QED) is 0.230. The molecule has 2 N–H and O–H groups in total. The molecule has 4 rings (SSSR count). The van der Waals surface area contributed by atoms with Crippen LogP contribution >= 0.6 is 23.2 Å². The zero-order valence-electron chi connectivity index (χ0n) is 21.3. The maximum Gasteiger partial charge on any atom is 1.00 e. The third kappa shape index (κ3) is 11.6. The third-order valence-electron chi connectivity index (χ3n) is 5.05. The Labute approximate surface area is 266 Å². The van der Waals surface area contributed by atoms with E-state index in [1.54, 1.807) is 30.3 Å². The Hall–Kier alpha value is -3.04. The monoisotopic (exact) mass is 594 g/mol. The van der Waals surface area contributed by atoms with Gasteiger partial charge in [0.1, 0.15) is 24.7 Å². The maximum atomic E-state index is 11.6. The second-order valence-corrected chi connectivity index (χ2v) is 8.48. The third-order valence-corrected chi connectivity index (χ3v) is 5.52. The molecule has 40 heavy (non-hydrogen) atoms. The summed E-state index contributed by atoms with van der Waals surface area (Å²) in [6.45, 7) is 0.432. The molecule has 4 aromatic carbocycles. The summed E-state index contributed by atoms with van der Waals surface area (Å²) in [6.07, 6.45) is 0. The van der Waals surface area contributed by atoms with Gasteiger partial charge in [-0.1, -0.05) is 67.0 Å². The summed E-state index contributed by atoms with van der Waals surface area (Å²) in [7, 11) is 1.35. The number of hydrogen-bond acceptors (Lipinski definition) is 6. The number of carboxylic acids is 1. The molecule has 0 heterocycles. The molecular weight excluding hydrogens is 566 g/mol. The number of carbonyl (C=O) groups is 2. The number of ether oxygens (including phenoxy) is 3. The molecule has 4 aromatic rings. The number of para-hydroxylation sites is 2. The molecular formula is C30H29Cl2NaO7. The number of rotatable bonds is 8. The summed E-state index contributed by atoms with van der Waals surface area (Å²) in [5, 5.41) is 10.1. The number of aromatic carboxylic acids is 1. The Morgan fingerprint density at radius 2 is 1.10 bits per heavy atom. The van der Waals surface area contributed by atoms with Crippen molar-refractivity contribution in [1.82, 2.24) is 0 Å². The van der Waals surface area contributed by atoms with E-state index in [9.17, 15) is 9.59 Å². The van der Waals surface area contributed by atoms with Gasteiger partial charge in [0.15, 0.2) is 0 Å². The van der Waals surface area contributed by atoms with Crippen LogP contribution in [-0.2, 0) is 18.0 Å². The van der Waals surface area contributed by atoms with Gasteiger partial charge in [-0.05, 0) is 60.7 Å². The second kappa shape index (κ2) is 19.1. The minimum absolute atomic E-state index is 0. The van der Waals surface area contributed by atoms with Gasteiger partial charge in [-0.2, -0.15) is 0 Å². The Morgan fingerprint density at radius 1 is 0.700 bits per heavy atom. The first-order valence-corrected chi connectivity index (χ1v) is 11.9. The molecule has 206 valence electrons. The van der Waals surface area contributed by atoms with Gasteiger partial charge in [0, 0.05) is 21.2 Å². The summed E-state index contributed by atoms with van der Waals surface area (Å²) in [6, 6.07) is 28.2. The number of benzene rings is 4. The van der Waals surface area contributed by atoms with Gasteiger partial charge >= 0.3 is 41.5 Å². The maximum absolute atomic E-state index is 11.6. The van der Waals surface area contributed by atoms with Crippen molar-refractivity contribution in [3.8, 4) is 11.5 Å². The van der Waals surface area contributed by atoms with E-state index in [0.717, 1.165) is 5.75 Å². The van der Waals surface area contributed by atoms with E-state index in [2.05, 4.69) is 0 Å². The number of esters is 1. The molecule has 0 atom stereocenters. The van der Waals surface area contributed by atoms with Crippen LogP contribution in [0, 0.1) is 0 Å². The molecule has 0 aliphatic heterocycles. The SMILES string of the molecule is C.COC(=O)c1ccc(Cl)cc1COc1ccccc1.O=C(O)c1ccc(Cl)cc1COc1ccccc1.[Na+].[OH-]. The van der Waals surface area contributed by atoms with Gasteiger partial charge < -0.3 is 24.8 Å². The van der Waals surface area contributed by atoms with Crippen molar-refractivity contribution < 1.29 is 63.9 Å². The number of methoxy groups -OCH3 is 1. The Bertz CT molecular complexity index is 1340. The van der Waals surface area contributed by atoms with E-state index >= 15 is 0 Å². The van der Waals surface area contributed by atoms with Gasteiger partial charge in [-0.3, -0.25) is 0 Å². The molecule has 10 heteroatoms. The fourth-order valence-electron chi connectivity index (χ4n) is 3.24. The largest absolute Gasteiger partial charge is 1.00 e. The van der Waals surface area contributed by atoms with E-state index in [0.29, 0.717) is 32.5 Å². The van der Waals surface area contributed by atoms with Crippen molar-refractivity contribution >= 4 is 35.1 Å². The smallest absolute Gasteiger partial charge is 0.870 e. The number of halogens is 2. The summed E-state index contributed by atoms with van der Waals surface area (Å²) in [5.41, 5.74) is 1.92. The summed E-state index contributed by atoms with van der Waals surface area (Å²) < 4.78 is 15.9. The van der Waals surface area contributed by atoms with E-state index in [1.165, 1.54) is 13.2 Å². The first-order chi connectivity index (χ1) is 17.9. The molecule has 0 aliphatic rings. The van der Waals surface area contributed by atoms with Crippen LogP contribution in [0.15, 0.2) is 97.1 Å². The van der Waals surface area contributed by atoms with E-state index in [4.69, 9.17) is 42.5 Å². The average molecular weight is 595 g/mol. The van der Waals surface area contributed by atoms with E-state index in [1.807, 2.05) is 60.7 Å². The minimum atomic E-state index is -0.988. The van der Waals surface area contributed by atoms with Crippen molar-refractivity contribution in [2.75, 3.05) is 7.11 Å². The first-order valence-electron chi connectivity index (χ1n) is 11.1. The molecule has 7 nitrogen and oxygen atoms in total. The normalized spacial score (nSPS) is 9.28. The molecule has 0 aromatic heterocycles. The Kier molecular flexibility index (Phi) is 17.7. The van der Waals surface area contributed by atoms with E-state index < -0.39 is 11.9 Å². The first kappa shape index (κ1) is 37.0. The molecule has 0 unspecified atom stereocenters. The number of carbonyl (C=O) groups excluding carboxylic acids is 1. The zero-order chi connectivity index (χ0) is 26.6. The predicted molar refractivity (Wildman–Crippen MR) is 151 cm³/mol. The van der Waals surface area contributed by atoms with Crippen LogP contribution in [-0.4, -0.2) is 29.6 Å². The predicted octanol–water partition coefficient (Wildman–Crippen LogP) is 4.79. The van der Waals surface area contributed by atoms with Crippen LogP contribution in [0.1, 0.15) is 39.3 Å². The molecule has 0 bridgehead atoms. The van der Waals surface area contributed by atoms with Gasteiger partial charge in [0.05, 0.1) is 18.2 Å². The zero-order valence-corrected chi connectivity index (χ0v) is 24.9. The van der Waals surface area contributed by atoms with Crippen molar-refractivity contribution in [3.05, 3.63) is 129 Å². The summed E-state index contributed by atoms with van der Waals surface area (Å²) >= 11 is 11.8. The topological polar surface area (TPSA) is 112 Å². The molecule has 0 spiro atoms. The van der Waals surface area contributed by atoms with Crippen LogP contribution in [0.3, 0.4) is 0 Å². The number of hydrogen-bond donors (Lipinski definition) is 1. The van der Waals surface area contributed by atoms with Crippen LogP contribution in [0.25, 0.3) is 0 Å². The van der Waals surface area contributed by atoms with Crippen molar-refractivity contribution in [1.29, 1.82) is 0 Å². The van der Waals surface area contributed by atoms with Crippen LogP contribution in [0.5, 0.6) is 11.5 Å². The second-order valence-electron chi connectivity index (χ2n) is 7.60. The van der Waals surface area contributed by atoms with Gasteiger partial charge in [0.25, 0.3) is 0 Å². The van der Waals surface area contributed by atoms with Crippen LogP contribution in [0.4, 0.5) is 0 Å². The van der Waals surface area contributed by atoms with Gasteiger partial charge in [0.2, 0.25) is 0 Å². The molecule has 0 saturated carbocycles. The fourth-order valence-corrected chi connectivity index (χ4v) is 3.63. The summed E-state index contributed by atoms with van der Waals surface area (Å²) in [4.78, 5) is 22.7. The minimum Gasteiger partial charge on any atom is -0.870 e. The van der Waals surface area contributed by atoms with Crippen LogP contribution in [0.2, 0.25) is 10.0 Å². The van der Waals surface area contributed by atoms with Gasteiger partial charge in [-0.25, -0.2) is 9.59 Å². The molecule has 0 aliphatic carbocycles. The standard InChI is InChI=1S/C15H13ClO3.C14H11ClO3.CH4.Na.H2O/c1-18-15(17)14-8-7-12(16)9-11(14)10-19-13-5-3-2-4-6-13;15-11-6-7-13(14(16)17)10(8-11)9-18-12-4-2-1-3-5-12;;;/h2-9H,10H2,1H3;1-8H,9H2,(H,16,17);1H4;;1H2/q;;;+1;/p-1. The molecule has 0 amide bonds. The van der Waals surface area contributed by atoms with Crippen molar-refractivity contribution in [2.24, 2.45) is 0 Å². The van der Waals surface area contributed by atoms with Crippen LogP contribution < -0.4 is 39.0 Å². The molecule has 0 fully saturated rings. The number of carboxylic acid groups (broad SMARTS) is 1. The average Bonchev–Trinajstić information content (AvgIpc) is 2.92. The molecule has 0 saturated heterocycles. The Morgan fingerprint density at radius 3 is 1.50 bits per heavy atom. The van der Waals surface area contributed by atoms with Crippen molar-refractivity contribution in [3.63, 3.8) is 0 Å². The van der Waals surface area contributed by atoms with Gasteiger partial charge in [-0.15, -0.1) is 0 Å². The fraction of sp³-hybridized carbons (Fsp3) is 0.133. The molecule has 0 radical (unpaired) electrons. The Balaban J connectivity index is 0.000000708. The van der Waals surface area contributed by atoms with E-state index in [-0.39, 0.29) is 61.2 Å². The van der Waals surface area contributed by atoms with Crippen molar-refractivity contribution in [2.45, 2.75) is 20.6 Å². The summed E-state index contributed by atoms with van der Waals surface area (Å²) in [5.74, 6) is 0.0359.